The van der Waals surface area contributed by atoms with Crippen LogP contribution in [0.1, 0.15) is 18.3 Å². The van der Waals surface area contributed by atoms with Gasteiger partial charge in [0.15, 0.2) is 0 Å². The van der Waals surface area contributed by atoms with Crippen molar-refractivity contribution in [3.63, 3.8) is 0 Å². The molecule has 1 aromatic heterocycles. The molecule has 0 spiro atoms. The van der Waals surface area contributed by atoms with E-state index in [4.69, 9.17) is 0 Å². The van der Waals surface area contributed by atoms with Crippen LogP contribution in [0.2, 0.25) is 0 Å². The van der Waals surface area contributed by atoms with Crippen LogP contribution in [0.15, 0.2) is 0 Å². The number of aromatic nitrogens is 2. The summed E-state index contributed by atoms with van der Waals surface area (Å²) in [5.74, 6) is 2.42. The highest BCUT2D eigenvalue weighted by Crippen LogP contribution is 2.22. The molecule has 1 atom stereocenters. The summed E-state index contributed by atoms with van der Waals surface area (Å²) in [5, 5.41) is 12.4. The van der Waals surface area contributed by atoms with E-state index in [-0.39, 0.29) is 6.10 Å². The summed E-state index contributed by atoms with van der Waals surface area (Å²) < 4.78 is 0. The summed E-state index contributed by atoms with van der Waals surface area (Å²) >= 11 is 0. The Bertz CT molecular complexity index is 365. The second kappa shape index (κ2) is 5.12. The van der Waals surface area contributed by atoms with E-state index in [2.05, 4.69) is 15.3 Å². The SMILES string of the molecule is CNc1nc(C)nc(N(C)CC(C)O)c1C. The number of hydrogen-bond acceptors (Lipinski definition) is 5. The lowest BCUT2D eigenvalue weighted by molar-refractivity contribution is 0.201. The predicted molar refractivity (Wildman–Crippen MR) is 66.0 cm³/mol. The average Bonchev–Trinajstić information content (AvgIpc) is 2.19. The molecule has 0 bridgehead atoms. The fourth-order valence-corrected chi connectivity index (χ4v) is 1.71. The molecule has 0 aliphatic heterocycles. The summed E-state index contributed by atoms with van der Waals surface area (Å²) in [5.41, 5.74) is 0.997. The number of nitrogens with zero attached hydrogens (tertiary/aromatic N) is 3. The molecule has 0 fully saturated rings. The number of aliphatic hydroxyl groups excluding tert-OH is 1. The zero-order chi connectivity index (χ0) is 12.3. The second-order valence-corrected chi connectivity index (χ2v) is 4.05. The van der Waals surface area contributed by atoms with Gasteiger partial charge in [0.2, 0.25) is 0 Å². The van der Waals surface area contributed by atoms with E-state index < -0.39 is 0 Å². The number of aliphatic hydroxyl groups is 1. The lowest BCUT2D eigenvalue weighted by Gasteiger charge is -2.22. The van der Waals surface area contributed by atoms with E-state index in [0.29, 0.717) is 6.54 Å². The van der Waals surface area contributed by atoms with Crippen molar-refractivity contribution in [1.82, 2.24) is 9.97 Å². The molecular weight excluding hydrogens is 204 g/mol. The molecule has 90 valence electrons. The van der Waals surface area contributed by atoms with Gasteiger partial charge in [0.1, 0.15) is 17.5 Å². The minimum Gasteiger partial charge on any atom is -0.392 e. The van der Waals surface area contributed by atoms with Crippen LogP contribution in [0, 0.1) is 13.8 Å². The minimum atomic E-state index is -0.377. The van der Waals surface area contributed by atoms with Crippen molar-refractivity contribution >= 4 is 11.6 Å². The molecule has 0 amide bonds. The molecule has 16 heavy (non-hydrogen) atoms. The van der Waals surface area contributed by atoms with E-state index in [0.717, 1.165) is 23.0 Å². The molecule has 0 radical (unpaired) electrons. The monoisotopic (exact) mass is 224 g/mol. The van der Waals surface area contributed by atoms with Gasteiger partial charge < -0.3 is 15.3 Å². The molecule has 5 nitrogen and oxygen atoms in total. The summed E-state index contributed by atoms with van der Waals surface area (Å²) in [7, 11) is 3.76. The van der Waals surface area contributed by atoms with Gasteiger partial charge in [-0.3, -0.25) is 0 Å². The van der Waals surface area contributed by atoms with E-state index in [1.54, 1.807) is 6.92 Å². The Morgan fingerprint density at radius 3 is 2.50 bits per heavy atom. The number of hydrogen-bond donors (Lipinski definition) is 2. The maximum atomic E-state index is 9.37. The molecule has 1 aromatic rings. The Balaban J connectivity index is 3.07. The number of aryl methyl sites for hydroxylation is 1. The molecule has 0 aliphatic carbocycles. The van der Waals surface area contributed by atoms with Gasteiger partial charge in [-0.1, -0.05) is 0 Å². The van der Waals surface area contributed by atoms with Crippen molar-refractivity contribution in [2.75, 3.05) is 30.9 Å². The Hall–Kier alpha value is -1.36. The third-order valence-corrected chi connectivity index (χ3v) is 2.37. The van der Waals surface area contributed by atoms with Gasteiger partial charge in [-0.2, -0.15) is 0 Å². The molecule has 5 heteroatoms. The van der Waals surface area contributed by atoms with Gasteiger partial charge in [0.25, 0.3) is 0 Å². The van der Waals surface area contributed by atoms with Crippen LogP contribution in [0.25, 0.3) is 0 Å². The van der Waals surface area contributed by atoms with Crippen molar-refractivity contribution in [2.45, 2.75) is 26.9 Å². The minimum absolute atomic E-state index is 0.377. The molecule has 2 N–H and O–H groups in total. The Kier molecular flexibility index (Phi) is 4.06. The van der Waals surface area contributed by atoms with Crippen LogP contribution in [0.4, 0.5) is 11.6 Å². The van der Waals surface area contributed by atoms with Gasteiger partial charge in [0.05, 0.1) is 6.10 Å². The van der Waals surface area contributed by atoms with Crippen molar-refractivity contribution in [2.24, 2.45) is 0 Å². The van der Waals surface area contributed by atoms with Gasteiger partial charge in [0, 0.05) is 26.2 Å². The van der Waals surface area contributed by atoms with E-state index in [9.17, 15) is 5.11 Å². The third-order valence-electron chi connectivity index (χ3n) is 2.37. The summed E-state index contributed by atoms with van der Waals surface area (Å²) in [6, 6.07) is 0. The number of rotatable bonds is 4. The first-order valence-corrected chi connectivity index (χ1v) is 5.38. The Labute approximate surface area is 96.5 Å². The topological polar surface area (TPSA) is 61.3 Å². The Morgan fingerprint density at radius 1 is 1.38 bits per heavy atom. The van der Waals surface area contributed by atoms with Crippen LogP contribution < -0.4 is 10.2 Å². The largest absolute Gasteiger partial charge is 0.392 e. The molecule has 1 rings (SSSR count). The molecule has 1 heterocycles. The zero-order valence-corrected chi connectivity index (χ0v) is 10.6. The van der Waals surface area contributed by atoms with Gasteiger partial charge in [-0.05, 0) is 20.8 Å². The van der Waals surface area contributed by atoms with Crippen LogP contribution in [-0.4, -0.2) is 41.8 Å². The first-order valence-electron chi connectivity index (χ1n) is 5.38. The van der Waals surface area contributed by atoms with Crippen LogP contribution >= 0.6 is 0 Å². The number of nitrogens with one attached hydrogen (secondary N) is 1. The highest BCUT2D eigenvalue weighted by Gasteiger charge is 2.13. The first-order chi connectivity index (χ1) is 7.45. The van der Waals surface area contributed by atoms with Crippen LogP contribution in [-0.2, 0) is 0 Å². The van der Waals surface area contributed by atoms with Gasteiger partial charge in [-0.15, -0.1) is 0 Å². The fraction of sp³-hybridized carbons (Fsp3) is 0.636. The van der Waals surface area contributed by atoms with E-state index >= 15 is 0 Å². The Morgan fingerprint density at radius 2 is 2.00 bits per heavy atom. The van der Waals surface area contributed by atoms with Crippen molar-refractivity contribution in [1.29, 1.82) is 0 Å². The first kappa shape index (κ1) is 12.7. The highest BCUT2D eigenvalue weighted by molar-refractivity contribution is 5.58. The molecule has 0 saturated heterocycles. The fourth-order valence-electron chi connectivity index (χ4n) is 1.71. The number of likely N-dealkylation sites (N-methyl/N-ethyl adjacent to an activating group) is 1. The predicted octanol–water partition coefficient (Wildman–Crippen LogP) is 0.952. The highest BCUT2D eigenvalue weighted by atomic mass is 16.3. The quantitative estimate of drug-likeness (QED) is 0.797. The average molecular weight is 224 g/mol. The van der Waals surface area contributed by atoms with Crippen molar-refractivity contribution in [3.8, 4) is 0 Å². The second-order valence-electron chi connectivity index (χ2n) is 4.05. The van der Waals surface area contributed by atoms with E-state index in [1.165, 1.54) is 0 Å². The lowest BCUT2D eigenvalue weighted by atomic mass is 10.2. The van der Waals surface area contributed by atoms with Gasteiger partial charge in [-0.25, -0.2) is 9.97 Å². The number of anilines is 2. The normalized spacial score (nSPS) is 12.4. The van der Waals surface area contributed by atoms with Crippen molar-refractivity contribution < 1.29 is 5.11 Å². The lowest BCUT2D eigenvalue weighted by Crippen LogP contribution is -2.28. The molecule has 0 aromatic carbocycles. The van der Waals surface area contributed by atoms with Crippen molar-refractivity contribution in [3.05, 3.63) is 11.4 Å². The summed E-state index contributed by atoms with van der Waals surface area (Å²) in [6.45, 7) is 6.15. The summed E-state index contributed by atoms with van der Waals surface area (Å²) in [6.07, 6.45) is -0.377. The summed E-state index contributed by atoms with van der Waals surface area (Å²) in [4.78, 5) is 10.6. The molecular formula is C11H20N4O. The van der Waals surface area contributed by atoms with E-state index in [1.807, 2.05) is 32.8 Å². The zero-order valence-electron chi connectivity index (χ0n) is 10.6. The standard InChI is InChI=1S/C11H20N4O/c1-7(16)6-15(5)11-8(2)10(12-4)13-9(3)14-11/h7,16H,6H2,1-5H3,(H,12,13,14). The van der Waals surface area contributed by atoms with Crippen LogP contribution in [0.3, 0.4) is 0 Å². The molecule has 0 aliphatic rings. The third kappa shape index (κ3) is 2.82. The maximum Gasteiger partial charge on any atom is 0.137 e. The molecule has 0 saturated carbocycles. The van der Waals surface area contributed by atoms with Gasteiger partial charge >= 0.3 is 0 Å². The molecule has 1 unspecified atom stereocenters. The van der Waals surface area contributed by atoms with Crippen LogP contribution in [0.5, 0.6) is 0 Å². The maximum absolute atomic E-state index is 9.37. The smallest absolute Gasteiger partial charge is 0.137 e.